The number of benzene rings is 1. The molecule has 0 spiro atoms. The van der Waals surface area contributed by atoms with Crippen LogP contribution in [0.2, 0.25) is 5.02 Å². The van der Waals surface area contributed by atoms with Crippen LogP contribution in [0.15, 0.2) is 24.3 Å². The molecule has 0 heterocycles. The zero-order valence-electron chi connectivity index (χ0n) is 8.67. The molecule has 1 heteroatoms. The molecule has 1 aromatic rings. The summed E-state index contributed by atoms with van der Waals surface area (Å²) in [5.74, 6) is 1.67. The summed E-state index contributed by atoms with van der Waals surface area (Å²) in [6, 6.07) is 8.39. The van der Waals surface area contributed by atoms with Crippen LogP contribution in [0, 0.1) is 5.92 Å². The van der Waals surface area contributed by atoms with Gasteiger partial charge in [-0.2, -0.15) is 0 Å². The standard InChI is InChI=1S/C13H17Cl/c1-10-3-2-4-12(9-10)11-5-7-13(14)8-6-11/h5-8,10,12H,2-4,9H2,1H3. The maximum Gasteiger partial charge on any atom is 0.0406 e. The smallest absolute Gasteiger partial charge is 0.0406 e. The Morgan fingerprint density at radius 1 is 1.14 bits per heavy atom. The highest BCUT2D eigenvalue weighted by Crippen LogP contribution is 2.36. The summed E-state index contributed by atoms with van der Waals surface area (Å²) in [7, 11) is 0. The largest absolute Gasteiger partial charge is 0.0843 e. The fourth-order valence-electron chi connectivity index (χ4n) is 2.47. The first kappa shape index (κ1) is 10.0. The molecule has 0 aliphatic heterocycles. The Hall–Kier alpha value is -0.490. The summed E-state index contributed by atoms with van der Waals surface area (Å²) in [6.45, 7) is 2.36. The third-order valence-electron chi connectivity index (χ3n) is 3.28. The van der Waals surface area contributed by atoms with E-state index in [4.69, 9.17) is 11.6 Å². The molecule has 1 aliphatic rings. The van der Waals surface area contributed by atoms with E-state index in [1.807, 2.05) is 12.1 Å². The van der Waals surface area contributed by atoms with Crippen LogP contribution in [0.4, 0.5) is 0 Å². The Balaban J connectivity index is 2.10. The van der Waals surface area contributed by atoms with E-state index in [9.17, 15) is 0 Å². The lowest BCUT2D eigenvalue weighted by atomic mass is 9.79. The van der Waals surface area contributed by atoms with Gasteiger partial charge in [0.15, 0.2) is 0 Å². The second-order valence-corrected chi connectivity index (χ2v) is 4.96. The van der Waals surface area contributed by atoms with E-state index in [2.05, 4.69) is 19.1 Å². The molecular formula is C13H17Cl. The van der Waals surface area contributed by atoms with Crippen LogP contribution in [0.1, 0.15) is 44.1 Å². The lowest BCUT2D eigenvalue weighted by molar-refractivity contribution is 0.344. The van der Waals surface area contributed by atoms with Gasteiger partial charge in [0, 0.05) is 5.02 Å². The lowest BCUT2D eigenvalue weighted by Gasteiger charge is -2.27. The highest BCUT2D eigenvalue weighted by Gasteiger charge is 2.19. The maximum atomic E-state index is 5.88. The van der Waals surface area contributed by atoms with E-state index in [0.29, 0.717) is 0 Å². The fraction of sp³-hybridized carbons (Fsp3) is 0.538. The quantitative estimate of drug-likeness (QED) is 0.631. The second-order valence-electron chi connectivity index (χ2n) is 4.52. The van der Waals surface area contributed by atoms with Gasteiger partial charge in [0.2, 0.25) is 0 Å². The van der Waals surface area contributed by atoms with Crippen LogP contribution < -0.4 is 0 Å². The van der Waals surface area contributed by atoms with Crippen molar-refractivity contribution in [2.45, 2.75) is 38.5 Å². The Bertz CT molecular complexity index is 289. The first-order chi connectivity index (χ1) is 6.75. The molecule has 0 aromatic heterocycles. The van der Waals surface area contributed by atoms with E-state index in [1.54, 1.807) is 0 Å². The van der Waals surface area contributed by atoms with E-state index in [0.717, 1.165) is 16.9 Å². The van der Waals surface area contributed by atoms with Crippen molar-refractivity contribution in [1.82, 2.24) is 0 Å². The predicted molar refractivity (Wildman–Crippen MR) is 61.8 cm³/mol. The van der Waals surface area contributed by atoms with Crippen molar-refractivity contribution in [3.63, 3.8) is 0 Å². The molecule has 14 heavy (non-hydrogen) atoms. The number of hydrogen-bond donors (Lipinski definition) is 0. The van der Waals surface area contributed by atoms with E-state index in [-0.39, 0.29) is 0 Å². The normalized spacial score (nSPS) is 27.6. The first-order valence-corrected chi connectivity index (χ1v) is 5.89. The Kier molecular flexibility index (Phi) is 3.12. The van der Waals surface area contributed by atoms with Gasteiger partial charge in [0.05, 0.1) is 0 Å². The van der Waals surface area contributed by atoms with E-state index in [1.165, 1.54) is 31.2 Å². The molecule has 1 aliphatic carbocycles. The minimum absolute atomic E-state index is 0.774. The molecule has 0 radical (unpaired) electrons. The zero-order chi connectivity index (χ0) is 9.97. The van der Waals surface area contributed by atoms with Gasteiger partial charge >= 0.3 is 0 Å². The summed E-state index contributed by atoms with van der Waals surface area (Å²) in [4.78, 5) is 0. The van der Waals surface area contributed by atoms with Crippen LogP contribution in [0.5, 0.6) is 0 Å². The molecule has 2 unspecified atom stereocenters. The van der Waals surface area contributed by atoms with Crippen LogP contribution in [-0.2, 0) is 0 Å². The maximum absolute atomic E-state index is 5.88. The monoisotopic (exact) mass is 208 g/mol. The first-order valence-electron chi connectivity index (χ1n) is 5.51. The molecule has 0 bridgehead atoms. The highest BCUT2D eigenvalue weighted by molar-refractivity contribution is 6.30. The van der Waals surface area contributed by atoms with Gasteiger partial charge in [0.1, 0.15) is 0 Å². The van der Waals surface area contributed by atoms with Crippen molar-refractivity contribution >= 4 is 11.6 Å². The Labute approximate surface area is 91.3 Å². The van der Waals surface area contributed by atoms with Gasteiger partial charge in [-0.15, -0.1) is 0 Å². The lowest BCUT2D eigenvalue weighted by Crippen LogP contribution is -2.11. The Morgan fingerprint density at radius 3 is 2.50 bits per heavy atom. The number of hydrogen-bond acceptors (Lipinski definition) is 0. The van der Waals surface area contributed by atoms with Crippen LogP contribution in [0.3, 0.4) is 0 Å². The molecule has 76 valence electrons. The molecule has 0 nitrogen and oxygen atoms in total. The van der Waals surface area contributed by atoms with Crippen molar-refractivity contribution in [2.24, 2.45) is 5.92 Å². The zero-order valence-corrected chi connectivity index (χ0v) is 9.43. The molecule has 1 fully saturated rings. The number of rotatable bonds is 1. The molecule has 1 aromatic carbocycles. The predicted octanol–water partition coefficient (Wildman–Crippen LogP) is 4.63. The average Bonchev–Trinajstić information content (AvgIpc) is 2.19. The third kappa shape index (κ3) is 2.30. The summed E-state index contributed by atoms with van der Waals surface area (Å²) in [6.07, 6.45) is 5.49. The van der Waals surface area contributed by atoms with Crippen molar-refractivity contribution < 1.29 is 0 Å². The summed E-state index contributed by atoms with van der Waals surface area (Å²) < 4.78 is 0. The minimum Gasteiger partial charge on any atom is -0.0843 e. The Morgan fingerprint density at radius 2 is 1.86 bits per heavy atom. The summed E-state index contributed by atoms with van der Waals surface area (Å²) in [5.41, 5.74) is 1.47. The number of halogens is 1. The van der Waals surface area contributed by atoms with Crippen molar-refractivity contribution in [3.05, 3.63) is 34.9 Å². The average molecular weight is 209 g/mol. The molecule has 0 N–H and O–H groups in total. The van der Waals surface area contributed by atoms with Gasteiger partial charge in [-0.25, -0.2) is 0 Å². The van der Waals surface area contributed by atoms with Gasteiger partial charge < -0.3 is 0 Å². The van der Waals surface area contributed by atoms with Crippen LogP contribution in [-0.4, -0.2) is 0 Å². The fourth-order valence-corrected chi connectivity index (χ4v) is 2.60. The molecular weight excluding hydrogens is 192 g/mol. The van der Waals surface area contributed by atoms with Gasteiger partial charge in [-0.1, -0.05) is 43.5 Å². The van der Waals surface area contributed by atoms with Gasteiger partial charge in [-0.3, -0.25) is 0 Å². The molecule has 2 rings (SSSR count). The van der Waals surface area contributed by atoms with Crippen LogP contribution >= 0.6 is 11.6 Å². The van der Waals surface area contributed by atoms with E-state index >= 15 is 0 Å². The topological polar surface area (TPSA) is 0 Å². The second kappa shape index (κ2) is 4.35. The molecule has 1 saturated carbocycles. The molecule has 0 amide bonds. The van der Waals surface area contributed by atoms with Gasteiger partial charge in [-0.05, 0) is 42.4 Å². The van der Waals surface area contributed by atoms with Crippen LogP contribution in [0.25, 0.3) is 0 Å². The summed E-state index contributed by atoms with van der Waals surface area (Å²) >= 11 is 5.88. The third-order valence-corrected chi connectivity index (χ3v) is 3.53. The highest BCUT2D eigenvalue weighted by atomic mass is 35.5. The van der Waals surface area contributed by atoms with Gasteiger partial charge in [0.25, 0.3) is 0 Å². The molecule has 0 saturated heterocycles. The van der Waals surface area contributed by atoms with E-state index < -0.39 is 0 Å². The molecule has 2 atom stereocenters. The van der Waals surface area contributed by atoms with Crippen molar-refractivity contribution in [3.8, 4) is 0 Å². The van der Waals surface area contributed by atoms with Crippen molar-refractivity contribution in [1.29, 1.82) is 0 Å². The minimum atomic E-state index is 0.774. The van der Waals surface area contributed by atoms with Crippen molar-refractivity contribution in [2.75, 3.05) is 0 Å². The summed E-state index contributed by atoms with van der Waals surface area (Å²) in [5, 5.41) is 0.845. The SMILES string of the molecule is CC1CCCC(c2ccc(Cl)cc2)C1.